The highest BCUT2D eigenvalue weighted by Gasteiger charge is 2.21. The van der Waals surface area contributed by atoms with Gasteiger partial charge in [-0.2, -0.15) is 5.10 Å². The number of aromatic nitrogens is 2. The summed E-state index contributed by atoms with van der Waals surface area (Å²) in [5.74, 6) is -0.147. The second kappa shape index (κ2) is 6.59. The highest BCUT2D eigenvalue weighted by molar-refractivity contribution is 6.30. The highest BCUT2D eigenvalue weighted by atomic mass is 35.5. The molecule has 0 aliphatic rings. The van der Waals surface area contributed by atoms with Crippen molar-refractivity contribution in [3.8, 4) is 0 Å². The Labute approximate surface area is 125 Å². The van der Waals surface area contributed by atoms with Crippen LogP contribution in [0.3, 0.4) is 0 Å². The first kappa shape index (κ1) is 17.0. The molecule has 0 aliphatic heterocycles. The van der Waals surface area contributed by atoms with E-state index in [9.17, 15) is 9.90 Å². The van der Waals surface area contributed by atoms with Gasteiger partial charge in [-0.15, -0.1) is 0 Å². The number of carbonyl (C=O) groups excluding carboxylic acids is 1. The van der Waals surface area contributed by atoms with Crippen LogP contribution in [0.25, 0.3) is 0 Å². The smallest absolute Gasteiger partial charge is 0.224 e. The number of hydrogen-bond acceptors (Lipinski definition) is 3. The van der Waals surface area contributed by atoms with Crippen molar-refractivity contribution in [3.05, 3.63) is 16.4 Å². The normalized spacial score (nSPS) is 13.3. The third kappa shape index (κ3) is 4.80. The molecule has 0 radical (unpaired) electrons. The van der Waals surface area contributed by atoms with Crippen molar-refractivity contribution in [2.75, 3.05) is 6.61 Å². The Bertz CT molecular complexity index is 477. The Balaban J connectivity index is 2.67. The second-order valence-electron chi connectivity index (χ2n) is 6.37. The van der Waals surface area contributed by atoms with Gasteiger partial charge in [-0.1, -0.05) is 32.4 Å². The van der Waals surface area contributed by atoms with Crippen molar-refractivity contribution < 1.29 is 9.90 Å². The van der Waals surface area contributed by atoms with E-state index in [1.54, 1.807) is 11.7 Å². The van der Waals surface area contributed by atoms with Crippen molar-refractivity contribution in [3.63, 3.8) is 0 Å². The molecule has 0 bridgehead atoms. The molecule has 114 valence electrons. The number of nitrogens with zero attached hydrogens (tertiary/aromatic N) is 2. The molecule has 6 heteroatoms. The van der Waals surface area contributed by atoms with Gasteiger partial charge in [0.1, 0.15) is 5.15 Å². The number of aliphatic hydroxyl groups excluding tert-OH is 1. The van der Waals surface area contributed by atoms with Gasteiger partial charge in [0.05, 0.1) is 24.8 Å². The lowest BCUT2D eigenvalue weighted by molar-refractivity contribution is -0.121. The first-order valence-electron chi connectivity index (χ1n) is 6.72. The topological polar surface area (TPSA) is 67.2 Å². The molecule has 1 aromatic rings. The van der Waals surface area contributed by atoms with E-state index in [1.807, 2.05) is 6.92 Å². The average molecular weight is 302 g/mol. The molecule has 0 aromatic carbocycles. The van der Waals surface area contributed by atoms with Crippen LogP contribution in [0.4, 0.5) is 0 Å². The predicted molar refractivity (Wildman–Crippen MR) is 79.7 cm³/mol. The van der Waals surface area contributed by atoms with E-state index in [4.69, 9.17) is 11.6 Å². The molecule has 0 spiro atoms. The summed E-state index contributed by atoms with van der Waals surface area (Å²) in [6.45, 7) is 7.98. The summed E-state index contributed by atoms with van der Waals surface area (Å²) < 4.78 is 1.55. The molecule has 0 saturated carbocycles. The van der Waals surface area contributed by atoms with Crippen molar-refractivity contribution in [2.24, 2.45) is 12.5 Å². The Kier molecular flexibility index (Phi) is 5.59. The summed E-state index contributed by atoms with van der Waals surface area (Å²) in [6.07, 6.45) is 0.897. The van der Waals surface area contributed by atoms with Gasteiger partial charge >= 0.3 is 0 Å². The summed E-state index contributed by atoms with van der Waals surface area (Å²) in [5.41, 5.74) is 1.53. The van der Waals surface area contributed by atoms with Crippen molar-refractivity contribution >= 4 is 17.5 Å². The molecule has 1 amide bonds. The lowest BCUT2D eigenvalue weighted by Gasteiger charge is -2.25. The Morgan fingerprint density at radius 2 is 2.10 bits per heavy atom. The predicted octanol–water partition coefficient (Wildman–Crippen LogP) is 1.84. The maximum Gasteiger partial charge on any atom is 0.224 e. The van der Waals surface area contributed by atoms with E-state index in [-0.39, 0.29) is 30.4 Å². The molecule has 0 saturated heterocycles. The molecule has 1 unspecified atom stereocenters. The first-order chi connectivity index (χ1) is 9.14. The minimum Gasteiger partial charge on any atom is -0.394 e. The van der Waals surface area contributed by atoms with Crippen LogP contribution in [0.5, 0.6) is 0 Å². The van der Waals surface area contributed by atoms with E-state index in [2.05, 4.69) is 31.2 Å². The Morgan fingerprint density at radius 3 is 2.50 bits per heavy atom. The highest BCUT2D eigenvalue weighted by Crippen LogP contribution is 2.21. The zero-order valence-electron chi connectivity index (χ0n) is 12.8. The molecular weight excluding hydrogens is 278 g/mol. The molecule has 1 rings (SSSR count). The maximum atomic E-state index is 12.1. The molecule has 1 atom stereocenters. The maximum absolute atomic E-state index is 12.1. The summed E-state index contributed by atoms with van der Waals surface area (Å²) in [5, 5.41) is 16.9. The van der Waals surface area contributed by atoms with Crippen molar-refractivity contribution in [1.82, 2.24) is 15.1 Å². The Hall–Kier alpha value is -1.07. The zero-order chi connectivity index (χ0) is 15.5. The molecular formula is C14H24ClN3O2. The van der Waals surface area contributed by atoms with Gasteiger partial charge in [0.2, 0.25) is 5.91 Å². The van der Waals surface area contributed by atoms with Gasteiger partial charge < -0.3 is 10.4 Å². The molecule has 1 aromatic heterocycles. The third-order valence-corrected chi connectivity index (χ3v) is 3.52. The second-order valence-corrected chi connectivity index (χ2v) is 6.72. The van der Waals surface area contributed by atoms with Crippen LogP contribution in [0, 0.1) is 12.3 Å². The van der Waals surface area contributed by atoms with E-state index < -0.39 is 0 Å². The number of hydrogen-bond donors (Lipinski definition) is 2. The summed E-state index contributed by atoms with van der Waals surface area (Å²) in [7, 11) is 1.74. The average Bonchev–Trinajstić information content (AvgIpc) is 2.53. The summed E-state index contributed by atoms with van der Waals surface area (Å²) >= 11 is 6.11. The fourth-order valence-electron chi connectivity index (χ4n) is 2.21. The van der Waals surface area contributed by atoms with Gasteiger partial charge in [0.25, 0.3) is 0 Å². The van der Waals surface area contributed by atoms with Gasteiger partial charge in [0, 0.05) is 12.6 Å². The van der Waals surface area contributed by atoms with Gasteiger partial charge in [-0.05, 0) is 18.8 Å². The monoisotopic (exact) mass is 301 g/mol. The number of rotatable bonds is 5. The molecule has 5 nitrogen and oxygen atoms in total. The molecule has 20 heavy (non-hydrogen) atoms. The Morgan fingerprint density at radius 1 is 1.50 bits per heavy atom. The van der Waals surface area contributed by atoms with Gasteiger partial charge in [-0.3, -0.25) is 9.48 Å². The fourth-order valence-corrected chi connectivity index (χ4v) is 2.46. The minimum atomic E-state index is -0.238. The van der Waals surface area contributed by atoms with E-state index in [1.165, 1.54) is 0 Å². The molecule has 2 N–H and O–H groups in total. The third-order valence-electron chi connectivity index (χ3n) is 3.05. The quantitative estimate of drug-likeness (QED) is 0.872. The number of aliphatic hydroxyl groups is 1. The number of carbonyl (C=O) groups is 1. The first-order valence-corrected chi connectivity index (χ1v) is 7.10. The molecule has 0 aliphatic carbocycles. The SMILES string of the molecule is Cc1nn(C)c(Cl)c1CC(=O)NC(CO)CC(C)(C)C. The number of amides is 1. The summed E-state index contributed by atoms with van der Waals surface area (Å²) in [4.78, 5) is 12.1. The van der Waals surface area contributed by atoms with Crippen LogP contribution in [0.1, 0.15) is 38.4 Å². The molecule has 1 heterocycles. The van der Waals surface area contributed by atoms with Crippen molar-refractivity contribution in [1.29, 1.82) is 0 Å². The number of aryl methyl sites for hydroxylation is 2. The number of halogens is 1. The van der Waals surface area contributed by atoms with Crippen LogP contribution >= 0.6 is 11.6 Å². The van der Waals surface area contributed by atoms with E-state index >= 15 is 0 Å². The largest absolute Gasteiger partial charge is 0.394 e. The standard InChI is InChI=1S/C14H24ClN3O2/c1-9-11(13(15)18(5)17-9)6-12(20)16-10(8-19)7-14(2,3)4/h10,19H,6-8H2,1-5H3,(H,16,20). The van der Waals surface area contributed by atoms with Crippen molar-refractivity contribution in [2.45, 2.75) is 46.6 Å². The molecule has 0 fully saturated rings. The van der Waals surface area contributed by atoms with Crippen LogP contribution in [-0.4, -0.2) is 33.4 Å². The zero-order valence-corrected chi connectivity index (χ0v) is 13.6. The summed E-state index contributed by atoms with van der Waals surface area (Å²) in [6, 6.07) is -0.238. The van der Waals surface area contributed by atoms with E-state index in [0.29, 0.717) is 5.15 Å². The number of nitrogens with one attached hydrogen (secondary N) is 1. The van der Waals surface area contributed by atoms with Gasteiger partial charge in [0.15, 0.2) is 0 Å². The van der Waals surface area contributed by atoms with Crippen LogP contribution in [-0.2, 0) is 18.3 Å². The van der Waals surface area contributed by atoms with Crippen LogP contribution < -0.4 is 5.32 Å². The lowest BCUT2D eigenvalue weighted by Crippen LogP contribution is -2.40. The fraction of sp³-hybridized carbons (Fsp3) is 0.714. The lowest BCUT2D eigenvalue weighted by atomic mass is 9.88. The van der Waals surface area contributed by atoms with Crippen LogP contribution in [0.15, 0.2) is 0 Å². The van der Waals surface area contributed by atoms with Gasteiger partial charge in [-0.25, -0.2) is 0 Å². The van der Waals surface area contributed by atoms with Crippen LogP contribution in [0.2, 0.25) is 5.15 Å². The van der Waals surface area contributed by atoms with E-state index in [0.717, 1.165) is 17.7 Å². The minimum absolute atomic E-state index is 0.0442.